The summed E-state index contributed by atoms with van der Waals surface area (Å²) in [5.74, 6) is -1.09. The predicted octanol–water partition coefficient (Wildman–Crippen LogP) is 2.33. The molecule has 88 valence electrons. The van der Waals surface area contributed by atoms with E-state index in [2.05, 4.69) is 15.9 Å². The summed E-state index contributed by atoms with van der Waals surface area (Å²) in [7, 11) is 1.56. The molecule has 0 heterocycles. The van der Waals surface area contributed by atoms with Crippen LogP contribution in [0.25, 0.3) is 0 Å². The van der Waals surface area contributed by atoms with Crippen molar-refractivity contribution in [3.63, 3.8) is 0 Å². The molecule has 0 amide bonds. The molecule has 0 bridgehead atoms. The third kappa shape index (κ3) is 2.95. The minimum atomic E-state index is -1.09. The molecule has 16 heavy (non-hydrogen) atoms. The van der Waals surface area contributed by atoms with Crippen LogP contribution >= 0.6 is 27.5 Å². The Morgan fingerprint density at radius 1 is 1.69 bits per heavy atom. The van der Waals surface area contributed by atoms with Gasteiger partial charge in [0.15, 0.2) is 0 Å². The molecule has 1 aromatic rings. The second-order valence-electron chi connectivity index (χ2n) is 3.21. The summed E-state index contributed by atoms with van der Waals surface area (Å²) in [5.41, 5.74) is 6.71. The van der Waals surface area contributed by atoms with Gasteiger partial charge in [-0.2, -0.15) is 0 Å². The van der Waals surface area contributed by atoms with Crippen molar-refractivity contribution < 1.29 is 14.6 Å². The number of benzene rings is 1. The van der Waals surface area contributed by atoms with Gasteiger partial charge in [0.25, 0.3) is 0 Å². The van der Waals surface area contributed by atoms with Crippen molar-refractivity contribution in [1.82, 2.24) is 0 Å². The van der Waals surface area contributed by atoms with Gasteiger partial charge in [-0.05, 0) is 17.7 Å². The topological polar surface area (TPSA) is 72.5 Å². The third-order valence-electron chi connectivity index (χ3n) is 2.08. The highest BCUT2D eigenvalue weighted by Crippen LogP contribution is 2.29. The molecular weight excluding hydrogens is 297 g/mol. The van der Waals surface area contributed by atoms with E-state index in [0.717, 1.165) is 5.56 Å². The summed E-state index contributed by atoms with van der Waals surface area (Å²) in [6.07, 6.45) is 0. The first kappa shape index (κ1) is 13.4. The largest absolute Gasteiger partial charge is 0.480 e. The van der Waals surface area contributed by atoms with Crippen molar-refractivity contribution in [3.05, 3.63) is 32.8 Å². The van der Waals surface area contributed by atoms with E-state index in [1.165, 1.54) is 0 Å². The summed E-state index contributed by atoms with van der Waals surface area (Å²) in [5, 5.41) is 9.22. The number of methoxy groups -OCH3 is 1. The van der Waals surface area contributed by atoms with Gasteiger partial charge in [-0.25, -0.2) is 0 Å². The highest BCUT2D eigenvalue weighted by molar-refractivity contribution is 9.10. The van der Waals surface area contributed by atoms with Crippen LogP contribution in [-0.4, -0.2) is 18.2 Å². The Morgan fingerprint density at radius 2 is 2.31 bits per heavy atom. The summed E-state index contributed by atoms with van der Waals surface area (Å²) in [6.45, 7) is 0.349. The van der Waals surface area contributed by atoms with Crippen LogP contribution in [0, 0.1) is 0 Å². The second-order valence-corrected chi connectivity index (χ2v) is 4.47. The molecule has 0 aliphatic rings. The lowest BCUT2D eigenvalue weighted by Crippen LogP contribution is -2.20. The van der Waals surface area contributed by atoms with Crippen LogP contribution in [0.3, 0.4) is 0 Å². The van der Waals surface area contributed by atoms with Crippen LogP contribution in [0.2, 0.25) is 5.02 Å². The Kier molecular flexibility index (Phi) is 4.73. The minimum absolute atomic E-state index is 0.349. The lowest BCUT2D eigenvalue weighted by Gasteiger charge is -2.12. The van der Waals surface area contributed by atoms with Crippen molar-refractivity contribution in [2.24, 2.45) is 5.73 Å². The van der Waals surface area contributed by atoms with Crippen LogP contribution < -0.4 is 5.73 Å². The van der Waals surface area contributed by atoms with E-state index in [4.69, 9.17) is 27.2 Å². The smallest absolute Gasteiger partial charge is 0.325 e. The van der Waals surface area contributed by atoms with E-state index >= 15 is 0 Å². The molecule has 0 radical (unpaired) electrons. The Bertz CT molecular complexity index is 388. The average Bonchev–Trinajstić information content (AvgIpc) is 2.21. The number of aliphatic carboxylic acids is 1. The van der Waals surface area contributed by atoms with Crippen molar-refractivity contribution in [3.8, 4) is 0 Å². The van der Waals surface area contributed by atoms with E-state index in [-0.39, 0.29) is 0 Å². The first-order valence-electron chi connectivity index (χ1n) is 4.42. The van der Waals surface area contributed by atoms with E-state index in [1.807, 2.05) is 0 Å². The number of halogens is 2. The number of carboxylic acid groups (broad SMARTS) is 1. The lowest BCUT2D eigenvalue weighted by atomic mass is 10.1. The quantitative estimate of drug-likeness (QED) is 0.895. The molecule has 1 atom stereocenters. The summed E-state index contributed by atoms with van der Waals surface area (Å²) >= 11 is 9.31. The van der Waals surface area contributed by atoms with Gasteiger partial charge in [-0.3, -0.25) is 4.79 Å². The highest BCUT2D eigenvalue weighted by atomic mass is 79.9. The van der Waals surface area contributed by atoms with Crippen molar-refractivity contribution >= 4 is 33.5 Å². The monoisotopic (exact) mass is 307 g/mol. The standard InChI is InChI=1S/C10H11BrClNO3/c1-16-4-6-7(11)2-5(3-8(6)12)9(13)10(14)15/h2-3,9H,4,13H2,1H3,(H,14,15). The molecule has 0 saturated carbocycles. The first-order valence-corrected chi connectivity index (χ1v) is 5.59. The Labute approximate surface area is 106 Å². The van der Waals surface area contributed by atoms with Gasteiger partial charge < -0.3 is 15.6 Å². The van der Waals surface area contributed by atoms with Gasteiger partial charge in [-0.15, -0.1) is 0 Å². The number of ether oxygens (including phenoxy) is 1. The fourth-order valence-electron chi connectivity index (χ4n) is 1.23. The molecular formula is C10H11BrClNO3. The summed E-state index contributed by atoms with van der Waals surface area (Å²) < 4.78 is 5.66. The first-order chi connectivity index (χ1) is 7.47. The zero-order valence-electron chi connectivity index (χ0n) is 8.54. The average molecular weight is 309 g/mol. The fraction of sp³-hybridized carbons (Fsp3) is 0.300. The van der Waals surface area contributed by atoms with Gasteiger partial charge in [0.05, 0.1) is 6.61 Å². The second kappa shape index (κ2) is 5.63. The van der Waals surface area contributed by atoms with Crippen LogP contribution in [0.15, 0.2) is 16.6 Å². The minimum Gasteiger partial charge on any atom is -0.480 e. The molecule has 0 aliphatic heterocycles. The normalized spacial score (nSPS) is 12.5. The summed E-state index contributed by atoms with van der Waals surface area (Å²) in [6, 6.07) is 2.10. The van der Waals surface area contributed by atoms with Crippen LogP contribution in [0.4, 0.5) is 0 Å². The maximum atomic E-state index is 10.7. The van der Waals surface area contributed by atoms with Crippen LogP contribution in [0.1, 0.15) is 17.2 Å². The number of carbonyl (C=O) groups is 1. The number of carboxylic acids is 1. The zero-order valence-corrected chi connectivity index (χ0v) is 10.9. The Hall–Kier alpha value is -0.620. The molecule has 0 spiro atoms. The highest BCUT2D eigenvalue weighted by Gasteiger charge is 2.17. The van der Waals surface area contributed by atoms with Crippen molar-refractivity contribution in [1.29, 1.82) is 0 Å². The van der Waals surface area contributed by atoms with Crippen LogP contribution in [-0.2, 0) is 16.1 Å². The SMILES string of the molecule is COCc1c(Cl)cc(C(N)C(=O)O)cc1Br. The van der Waals surface area contributed by atoms with Gasteiger partial charge in [0.1, 0.15) is 6.04 Å². The van der Waals surface area contributed by atoms with Crippen molar-refractivity contribution in [2.75, 3.05) is 7.11 Å². The van der Waals surface area contributed by atoms with E-state index in [1.54, 1.807) is 19.2 Å². The van der Waals surface area contributed by atoms with E-state index in [0.29, 0.717) is 21.7 Å². The van der Waals surface area contributed by atoms with E-state index < -0.39 is 12.0 Å². The maximum absolute atomic E-state index is 10.7. The number of hydrogen-bond donors (Lipinski definition) is 2. The zero-order chi connectivity index (χ0) is 12.3. The molecule has 0 aromatic heterocycles. The molecule has 1 aromatic carbocycles. The molecule has 1 unspecified atom stereocenters. The Morgan fingerprint density at radius 3 is 2.75 bits per heavy atom. The number of hydrogen-bond acceptors (Lipinski definition) is 3. The molecule has 0 fully saturated rings. The van der Waals surface area contributed by atoms with Crippen LogP contribution in [0.5, 0.6) is 0 Å². The molecule has 0 aliphatic carbocycles. The number of nitrogens with two attached hydrogens (primary N) is 1. The maximum Gasteiger partial charge on any atom is 0.325 e. The molecule has 1 rings (SSSR count). The van der Waals surface area contributed by atoms with Gasteiger partial charge in [-0.1, -0.05) is 27.5 Å². The Balaban J connectivity index is 3.14. The van der Waals surface area contributed by atoms with Gasteiger partial charge in [0.2, 0.25) is 0 Å². The lowest BCUT2D eigenvalue weighted by molar-refractivity contribution is -0.138. The summed E-state index contributed by atoms with van der Waals surface area (Å²) in [4.78, 5) is 10.7. The molecule has 4 nitrogen and oxygen atoms in total. The molecule has 3 N–H and O–H groups in total. The van der Waals surface area contributed by atoms with Crippen molar-refractivity contribution in [2.45, 2.75) is 12.6 Å². The number of rotatable bonds is 4. The molecule has 0 saturated heterocycles. The fourth-order valence-corrected chi connectivity index (χ4v) is 2.22. The van der Waals surface area contributed by atoms with Gasteiger partial charge in [0, 0.05) is 22.2 Å². The molecule has 6 heteroatoms. The predicted molar refractivity (Wildman–Crippen MR) is 64.4 cm³/mol. The van der Waals surface area contributed by atoms with Gasteiger partial charge >= 0.3 is 5.97 Å². The van der Waals surface area contributed by atoms with E-state index in [9.17, 15) is 4.79 Å². The third-order valence-corrected chi connectivity index (χ3v) is 3.12.